The predicted molar refractivity (Wildman–Crippen MR) is 114 cm³/mol. The quantitative estimate of drug-likeness (QED) is 0.607. The van der Waals surface area contributed by atoms with E-state index in [9.17, 15) is 4.79 Å². The van der Waals surface area contributed by atoms with Crippen molar-refractivity contribution in [3.63, 3.8) is 0 Å². The van der Waals surface area contributed by atoms with Gasteiger partial charge in [-0.15, -0.1) is 6.42 Å². The number of aromatic nitrogens is 1. The van der Waals surface area contributed by atoms with Gasteiger partial charge in [-0.25, -0.2) is 0 Å². The molecule has 3 nitrogen and oxygen atoms in total. The van der Waals surface area contributed by atoms with Crippen molar-refractivity contribution in [3.05, 3.63) is 71.9 Å². The molecule has 3 aromatic rings. The topological polar surface area (TPSA) is 25.2 Å². The van der Waals surface area contributed by atoms with Crippen molar-refractivity contribution in [2.45, 2.75) is 32.2 Å². The van der Waals surface area contributed by atoms with E-state index in [-0.39, 0.29) is 5.91 Å². The van der Waals surface area contributed by atoms with Crippen molar-refractivity contribution in [2.24, 2.45) is 5.92 Å². The van der Waals surface area contributed by atoms with Crippen molar-refractivity contribution >= 4 is 16.8 Å². The van der Waals surface area contributed by atoms with Gasteiger partial charge in [0.05, 0.1) is 0 Å². The predicted octanol–water partition coefficient (Wildman–Crippen LogP) is 4.49. The molecular formula is C25H26N2O. The van der Waals surface area contributed by atoms with Crippen molar-refractivity contribution in [1.29, 1.82) is 0 Å². The number of amides is 1. The normalized spacial score (nSPS) is 14.9. The average Bonchev–Trinajstić information content (AvgIpc) is 3.15. The lowest BCUT2D eigenvalue weighted by molar-refractivity contribution is -0.132. The van der Waals surface area contributed by atoms with Crippen LogP contribution in [0.1, 0.15) is 30.4 Å². The van der Waals surface area contributed by atoms with E-state index in [1.54, 1.807) is 0 Å². The number of aryl methyl sites for hydroxylation is 1. The minimum atomic E-state index is 0.288. The summed E-state index contributed by atoms with van der Waals surface area (Å²) in [7, 11) is 0. The second kappa shape index (κ2) is 8.35. The standard InChI is InChI=1S/C25H26N2O/c1-2-20-8-10-24-23(18-20)14-17-27(24)19-22-12-15-26(16-13-22)25(28)11-9-21-6-4-3-5-7-21/h1,3-8,10,14,17-18,22H,9,11-13,15-16,19H2. The summed E-state index contributed by atoms with van der Waals surface area (Å²) in [4.78, 5) is 14.6. The number of fused-ring (bicyclic) bond motifs is 1. The number of piperidine rings is 1. The maximum Gasteiger partial charge on any atom is 0.222 e. The van der Waals surface area contributed by atoms with E-state index in [4.69, 9.17) is 6.42 Å². The second-order valence-electron chi connectivity index (χ2n) is 7.70. The molecule has 1 fully saturated rings. The Kier molecular flexibility index (Phi) is 5.48. The molecule has 142 valence electrons. The van der Waals surface area contributed by atoms with Gasteiger partial charge in [-0.1, -0.05) is 36.3 Å². The molecule has 4 rings (SSSR count). The van der Waals surface area contributed by atoms with Crippen LogP contribution in [0.4, 0.5) is 0 Å². The molecular weight excluding hydrogens is 344 g/mol. The molecule has 2 aromatic carbocycles. The number of hydrogen-bond acceptors (Lipinski definition) is 1. The highest BCUT2D eigenvalue weighted by Gasteiger charge is 2.23. The van der Waals surface area contributed by atoms with Gasteiger partial charge in [-0.2, -0.15) is 0 Å². The summed E-state index contributed by atoms with van der Waals surface area (Å²) in [5.74, 6) is 3.60. The van der Waals surface area contributed by atoms with Crippen LogP contribution in [0, 0.1) is 18.3 Å². The molecule has 0 bridgehead atoms. The minimum absolute atomic E-state index is 0.288. The Balaban J connectivity index is 1.29. The van der Waals surface area contributed by atoms with E-state index in [1.165, 1.54) is 16.5 Å². The van der Waals surface area contributed by atoms with Crippen LogP contribution >= 0.6 is 0 Å². The molecule has 0 N–H and O–H groups in total. The van der Waals surface area contributed by atoms with E-state index < -0.39 is 0 Å². The number of hydrogen-bond donors (Lipinski definition) is 0. The van der Waals surface area contributed by atoms with E-state index in [2.05, 4.69) is 47.0 Å². The number of likely N-dealkylation sites (tertiary alicyclic amines) is 1. The molecule has 0 atom stereocenters. The van der Waals surface area contributed by atoms with Gasteiger partial charge in [0.1, 0.15) is 0 Å². The van der Waals surface area contributed by atoms with Gasteiger partial charge in [0, 0.05) is 48.7 Å². The van der Waals surface area contributed by atoms with E-state index >= 15 is 0 Å². The molecule has 0 unspecified atom stereocenters. The van der Waals surface area contributed by atoms with Gasteiger partial charge >= 0.3 is 0 Å². The van der Waals surface area contributed by atoms with Gasteiger partial charge in [-0.05, 0) is 55.0 Å². The summed E-state index contributed by atoms with van der Waals surface area (Å²) in [6, 6.07) is 18.6. The Morgan fingerprint density at radius 2 is 1.86 bits per heavy atom. The number of nitrogens with zero attached hydrogens (tertiary/aromatic N) is 2. The van der Waals surface area contributed by atoms with Crippen LogP contribution in [0.2, 0.25) is 0 Å². The first kappa shape index (κ1) is 18.4. The molecule has 0 aliphatic carbocycles. The van der Waals surface area contributed by atoms with Crippen LogP contribution < -0.4 is 0 Å². The zero-order valence-electron chi connectivity index (χ0n) is 16.2. The van der Waals surface area contributed by atoms with E-state index in [1.807, 2.05) is 29.2 Å². The Morgan fingerprint density at radius 1 is 1.07 bits per heavy atom. The van der Waals surface area contributed by atoms with Crippen molar-refractivity contribution in [3.8, 4) is 12.3 Å². The molecule has 1 aromatic heterocycles. The molecule has 2 heterocycles. The van der Waals surface area contributed by atoms with Gasteiger partial charge in [0.15, 0.2) is 0 Å². The Hall–Kier alpha value is -2.99. The molecule has 3 heteroatoms. The van der Waals surface area contributed by atoms with Crippen LogP contribution in [0.5, 0.6) is 0 Å². The molecule has 0 spiro atoms. The fourth-order valence-electron chi connectivity index (χ4n) is 4.15. The van der Waals surface area contributed by atoms with Crippen LogP contribution in [0.3, 0.4) is 0 Å². The monoisotopic (exact) mass is 370 g/mol. The Labute approximate surface area is 167 Å². The highest BCUT2D eigenvalue weighted by Crippen LogP contribution is 2.24. The van der Waals surface area contributed by atoms with Gasteiger partial charge in [-0.3, -0.25) is 4.79 Å². The molecule has 0 saturated carbocycles. The lowest BCUT2D eigenvalue weighted by atomic mass is 9.96. The summed E-state index contributed by atoms with van der Waals surface area (Å²) >= 11 is 0. The zero-order valence-corrected chi connectivity index (χ0v) is 16.2. The summed E-state index contributed by atoms with van der Waals surface area (Å²) in [6.07, 6.45) is 11.2. The molecule has 0 radical (unpaired) electrons. The Morgan fingerprint density at radius 3 is 2.61 bits per heavy atom. The number of rotatable bonds is 5. The maximum atomic E-state index is 12.5. The first-order chi connectivity index (χ1) is 13.7. The molecule has 1 saturated heterocycles. The van der Waals surface area contributed by atoms with Gasteiger partial charge in [0.25, 0.3) is 0 Å². The first-order valence-electron chi connectivity index (χ1n) is 10.1. The summed E-state index contributed by atoms with van der Waals surface area (Å²) in [6.45, 7) is 2.75. The zero-order chi connectivity index (χ0) is 19.3. The second-order valence-corrected chi connectivity index (χ2v) is 7.70. The average molecular weight is 370 g/mol. The van der Waals surface area contributed by atoms with Crippen LogP contribution in [0.15, 0.2) is 60.8 Å². The maximum absolute atomic E-state index is 12.5. The van der Waals surface area contributed by atoms with E-state index in [0.29, 0.717) is 12.3 Å². The lowest BCUT2D eigenvalue weighted by Crippen LogP contribution is -2.39. The minimum Gasteiger partial charge on any atom is -0.347 e. The molecule has 1 amide bonds. The first-order valence-corrected chi connectivity index (χ1v) is 10.1. The summed E-state index contributed by atoms with van der Waals surface area (Å²) in [5, 5.41) is 1.20. The number of carbonyl (C=O) groups excluding carboxylic acids is 1. The summed E-state index contributed by atoms with van der Waals surface area (Å²) in [5.41, 5.74) is 3.39. The largest absolute Gasteiger partial charge is 0.347 e. The van der Waals surface area contributed by atoms with Gasteiger partial charge in [0.2, 0.25) is 5.91 Å². The van der Waals surface area contributed by atoms with Crippen LogP contribution in [0.25, 0.3) is 10.9 Å². The SMILES string of the molecule is C#Cc1ccc2c(ccn2CC2CCN(C(=O)CCc3ccccc3)CC2)c1. The van der Waals surface area contributed by atoms with Crippen molar-refractivity contribution in [2.75, 3.05) is 13.1 Å². The highest BCUT2D eigenvalue weighted by atomic mass is 16.2. The van der Waals surface area contributed by atoms with Crippen LogP contribution in [-0.2, 0) is 17.8 Å². The van der Waals surface area contributed by atoms with Crippen molar-refractivity contribution < 1.29 is 4.79 Å². The molecule has 1 aliphatic heterocycles. The van der Waals surface area contributed by atoms with Crippen molar-refractivity contribution in [1.82, 2.24) is 9.47 Å². The van der Waals surface area contributed by atoms with E-state index in [0.717, 1.165) is 44.5 Å². The highest BCUT2D eigenvalue weighted by molar-refractivity contribution is 5.81. The molecule has 28 heavy (non-hydrogen) atoms. The lowest BCUT2D eigenvalue weighted by Gasteiger charge is -2.32. The number of terminal acetylenes is 1. The molecule has 1 aliphatic rings. The fraction of sp³-hybridized carbons (Fsp3) is 0.320. The third kappa shape index (κ3) is 4.12. The number of carbonyl (C=O) groups is 1. The third-order valence-electron chi connectivity index (χ3n) is 5.83. The van der Waals surface area contributed by atoms with Crippen LogP contribution in [-0.4, -0.2) is 28.5 Å². The third-order valence-corrected chi connectivity index (χ3v) is 5.83. The van der Waals surface area contributed by atoms with Gasteiger partial charge < -0.3 is 9.47 Å². The number of benzene rings is 2. The summed E-state index contributed by atoms with van der Waals surface area (Å²) < 4.78 is 2.33. The smallest absolute Gasteiger partial charge is 0.222 e. The Bertz CT molecular complexity index is 988. The fourth-order valence-corrected chi connectivity index (χ4v) is 4.15.